The fraction of sp³-hybridized carbons (Fsp3) is 1.00. The van der Waals surface area contributed by atoms with E-state index in [9.17, 15) is 8.42 Å². The molecule has 1 rings (SSSR count). The van der Waals surface area contributed by atoms with Crippen molar-refractivity contribution >= 4 is 21.6 Å². The molecule has 1 aliphatic rings. The molecule has 90 valence electrons. The van der Waals surface area contributed by atoms with Crippen molar-refractivity contribution in [2.75, 3.05) is 19.0 Å². The number of ether oxygens (including phenoxy) is 1. The number of alkyl halides is 1. The highest BCUT2D eigenvalue weighted by atomic mass is 35.5. The highest BCUT2D eigenvalue weighted by Gasteiger charge is 2.28. The van der Waals surface area contributed by atoms with Crippen LogP contribution in [-0.4, -0.2) is 38.8 Å². The van der Waals surface area contributed by atoms with Crippen LogP contribution in [0.3, 0.4) is 0 Å². The molecule has 1 saturated carbocycles. The first-order valence-electron chi connectivity index (χ1n) is 5.27. The summed E-state index contributed by atoms with van der Waals surface area (Å²) >= 11 is 5.99. The van der Waals surface area contributed by atoms with E-state index in [2.05, 4.69) is 4.72 Å². The van der Waals surface area contributed by atoms with Gasteiger partial charge in [-0.1, -0.05) is 6.42 Å². The van der Waals surface area contributed by atoms with Crippen molar-refractivity contribution in [3.05, 3.63) is 0 Å². The summed E-state index contributed by atoms with van der Waals surface area (Å²) in [7, 11) is -3.23. The summed E-state index contributed by atoms with van der Waals surface area (Å²) in [6.07, 6.45) is 2.72. The summed E-state index contributed by atoms with van der Waals surface area (Å²) in [4.78, 5) is 0. The lowest BCUT2D eigenvalue weighted by Gasteiger charge is -2.15. The lowest BCUT2D eigenvalue weighted by Crippen LogP contribution is -2.39. The molecule has 0 amide bonds. The predicted octanol–water partition coefficient (Wildman–Crippen LogP) is 1.10. The Morgan fingerprint density at radius 2 is 2.20 bits per heavy atom. The number of sulfonamides is 1. The van der Waals surface area contributed by atoms with Crippen LogP contribution in [-0.2, 0) is 14.8 Å². The Kier molecular flexibility index (Phi) is 5.32. The van der Waals surface area contributed by atoms with E-state index in [0.29, 0.717) is 6.61 Å². The van der Waals surface area contributed by atoms with Crippen LogP contribution in [0.5, 0.6) is 0 Å². The zero-order valence-electron chi connectivity index (χ0n) is 8.91. The Morgan fingerprint density at radius 3 is 2.73 bits per heavy atom. The smallest absolute Gasteiger partial charge is 0.214 e. The first-order valence-corrected chi connectivity index (χ1v) is 7.36. The van der Waals surface area contributed by atoms with E-state index in [0.717, 1.165) is 19.3 Å². The van der Waals surface area contributed by atoms with Gasteiger partial charge in [-0.05, 0) is 19.8 Å². The minimum absolute atomic E-state index is 0.0148. The van der Waals surface area contributed by atoms with Crippen LogP contribution < -0.4 is 4.72 Å². The summed E-state index contributed by atoms with van der Waals surface area (Å²) in [6.45, 7) is 2.62. The van der Waals surface area contributed by atoms with Gasteiger partial charge in [0.1, 0.15) is 0 Å². The molecule has 0 aromatic rings. The molecule has 1 aliphatic carbocycles. The van der Waals surface area contributed by atoms with Gasteiger partial charge in [-0.15, -0.1) is 11.6 Å². The Morgan fingerprint density at radius 1 is 1.47 bits per heavy atom. The summed E-state index contributed by atoms with van der Waals surface area (Å²) in [6, 6.07) is -0.0988. The topological polar surface area (TPSA) is 55.4 Å². The molecule has 0 aromatic heterocycles. The SMILES string of the molecule is CCOCCS(=O)(=O)NC1CCCC1Cl. The zero-order chi connectivity index (χ0) is 11.3. The summed E-state index contributed by atoms with van der Waals surface area (Å²) < 4.78 is 30.7. The van der Waals surface area contributed by atoms with E-state index in [-0.39, 0.29) is 23.8 Å². The lowest BCUT2D eigenvalue weighted by atomic mass is 10.3. The van der Waals surface area contributed by atoms with Crippen molar-refractivity contribution in [2.24, 2.45) is 0 Å². The van der Waals surface area contributed by atoms with Gasteiger partial charge in [0.2, 0.25) is 10.0 Å². The second kappa shape index (κ2) is 6.03. The highest BCUT2D eigenvalue weighted by molar-refractivity contribution is 7.89. The molecule has 0 aliphatic heterocycles. The predicted molar refractivity (Wildman–Crippen MR) is 60.7 cm³/mol. The summed E-state index contributed by atoms with van der Waals surface area (Å²) in [5.41, 5.74) is 0. The molecule has 1 N–H and O–H groups in total. The van der Waals surface area contributed by atoms with Crippen molar-refractivity contribution in [3.8, 4) is 0 Å². The maximum absolute atomic E-state index is 11.6. The molecule has 6 heteroatoms. The van der Waals surface area contributed by atoms with Gasteiger partial charge in [0.25, 0.3) is 0 Å². The quantitative estimate of drug-likeness (QED) is 0.571. The number of hydrogen-bond donors (Lipinski definition) is 1. The zero-order valence-corrected chi connectivity index (χ0v) is 10.5. The number of hydrogen-bond acceptors (Lipinski definition) is 3. The molecule has 0 spiro atoms. The van der Waals surface area contributed by atoms with Crippen LogP contribution in [0.4, 0.5) is 0 Å². The molecule has 0 aromatic carbocycles. The molecule has 1 fully saturated rings. The summed E-state index contributed by atoms with van der Waals surface area (Å²) in [5, 5.41) is -0.0631. The Hall–Kier alpha value is 0.160. The van der Waals surface area contributed by atoms with E-state index in [4.69, 9.17) is 16.3 Å². The maximum Gasteiger partial charge on any atom is 0.214 e. The molecule has 2 unspecified atom stereocenters. The van der Waals surface area contributed by atoms with Crippen LogP contribution in [0.15, 0.2) is 0 Å². The minimum Gasteiger partial charge on any atom is -0.381 e. The van der Waals surface area contributed by atoms with Crippen LogP contribution in [0.1, 0.15) is 26.2 Å². The number of halogens is 1. The van der Waals surface area contributed by atoms with E-state index in [1.807, 2.05) is 6.92 Å². The molecule has 4 nitrogen and oxygen atoms in total. The third-order valence-electron chi connectivity index (χ3n) is 2.46. The van der Waals surface area contributed by atoms with Gasteiger partial charge < -0.3 is 4.74 Å². The highest BCUT2D eigenvalue weighted by Crippen LogP contribution is 2.24. The first kappa shape index (κ1) is 13.2. The molecule has 2 atom stereocenters. The molecular formula is C9H18ClNO3S. The summed E-state index contributed by atoms with van der Waals surface area (Å²) in [5.74, 6) is 0.0148. The minimum atomic E-state index is -3.23. The number of nitrogens with one attached hydrogen (secondary N) is 1. The largest absolute Gasteiger partial charge is 0.381 e. The molecule has 0 bridgehead atoms. The third-order valence-corrected chi connectivity index (χ3v) is 4.35. The van der Waals surface area contributed by atoms with Crippen LogP contribution >= 0.6 is 11.6 Å². The second-order valence-electron chi connectivity index (χ2n) is 3.69. The van der Waals surface area contributed by atoms with Gasteiger partial charge >= 0.3 is 0 Å². The van der Waals surface area contributed by atoms with E-state index >= 15 is 0 Å². The average molecular weight is 256 g/mol. The monoisotopic (exact) mass is 255 g/mol. The fourth-order valence-electron chi connectivity index (χ4n) is 1.65. The van der Waals surface area contributed by atoms with Gasteiger partial charge in [-0.2, -0.15) is 0 Å². The Balaban J connectivity index is 2.35. The van der Waals surface area contributed by atoms with Crippen molar-refractivity contribution in [1.82, 2.24) is 4.72 Å². The van der Waals surface area contributed by atoms with Crippen LogP contribution in [0.2, 0.25) is 0 Å². The van der Waals surface area contributed by atoms with Crippen molar-refractivity contribution in [2.45, 2.75) is 37.6 Å². The van der Waals surface area contributed by atoms with Crippen LogP contribution in [0, 0.1) is 0 Å². The Labute approximate surface area is 96.4 Å². The third kappa shape index (κ3) is 4.68. The van der Waals surface area contributed by atoms with Gasteiger partial charge in [-0.25, -0.2) is 13.1 Å². The normalized spacial score (nSPS) is 27.1. The van der Waals surface area contributed by atoms with Gasteiger partial charge in [-0.3, -0.25) is 0 Å². The van der Waals surface area contributed by atoms with E-state index in [1.165, 1.54) is 0 Å². The lowest BCUT2D eigenvalue weighted by molar-refractivity contribution is 0.163. The van der Waals surface area contributed by atoms with Gasteiger partial charge in [0, 0.05) is 18.0 Å². The van der Waals surface area contributed by atoms with Crippen LogP contribution in [0.25, 0.3) is 0 Å². The molecule has 0 saturated heterocycles. The average Bonchev–Trinajstić information content (AvgIpc) is 2.51. The Bertz CT molecular complexity index is 281. The first-order chi connectivity index (χ1) is 7.05. The van der Waals surface area contributed by atoms with Crippen molar-refractivity contribution in [3.63, 3.8) is 0 Å². The van der Waals surface area contributed by atoms with E-state index < -0.39 is 10.0 Å². The molecule has 15 heavy (non-hydrogen) atoms. The standard InChI is InChI=1S/C9H18ClNO3S/c1-2-14-6-7-15(12,13)11-9-5-3-4-8(9)10/h8-9,11H,2-7H2,1H3. The second-order valence-corrected chi connectivity index (χ2v) is 6.12. The van der Waals surface area contributed by atoms with Gasteiger partial charge in [0.05, 0.1) is 12.4 Å². The molecule has 0 heterocycles. The fourth-order valence-corrected chi connectivity index (χ4v) is 3.27. The molecule has 0 radical (unpaired) electrons. The molecular weight excluding hydrogens is 238 g/mol. The number of rotatable bonds is 6. The maximum atomic E-state index is 11.6. The van der Waals surface area contributed by atoms with E-state index in [1.54, 1.807) is 0 Å². The van der Waals surface area contributed by atoms with Gasteiger partial charge in [0.15, 0.2) is 0 Å². The van der Waals surface area contributed by atoms with Crippen molar-refractivity contribution < 1.29 is 13.2 Å². The van der Waals surface area contributed by atoms with Crippen molar-refractivity contribution in [1.29, 1.82) is 0 Å².